The van der Waals surface area contributed by atoms with Gasteiger partial charge in [-0.3, -0.25) is 4.79 Å². The number of likely N-dealkylation sites (N-methyl/N-ethyl adjacent to an activating group) is 1. The van der Waals surface area contributed by atoms with Crippen molar-refractivity contribution in [3.63, 3.8) is 0 Å². The lowest BCUT2D eigenvalue weighted by Gasteiger charge is -2.14. The van der Waals surface area contributed by atoms with Crippen molar-refractivity contribution in [2.75, 3.05) is 32.5 Å². The fraction of sp³-hybridized carbons (Fsp3) is 0.208. The van der Waals surface area contributed by atoms with Crippen LogP contribution in [0.5, 0.6) is 0 Å². The minimum absolute atomic E-state index is 0.0280. The summed E-state index contributed by atoms with van der Waals surface area (Å²) < 4.78 is 15.8. The Morgan fingerprint density at radius 3 is 2.38 bits per heavy atom. The summed E-state index contributed by atoms with van der Waals surface area (Å²) in [5.74, 6) is 3.45. The van der Waals surface area contributed by atoms with Crippen LogP contribution in [0.3, 0.4) is 0 Å². The molecule has 0 aliphatic rings. The van der Waals surface area contributed by atoms with Gasteiger partial charge in [0.25, 0.3) is 5.91 Å². The van der Waals surface area contributed by atoms with Gasteiger partial charge in [-0.1, -0.05) is 36.9 Å². The molecular weight excluding hydrogens is 422 g/mol. The molecule has 32 heavy (non-hydrogen) atoms. The zero-order valence-electron chi connectivity index (χ0n) is 18.8. The topological polar surface area (TPSA) is 99.8 Å². The van der Waals surface area contributed by atoms with Gasteiger partial charge in [-0.25, -0.2) is 13.9 Å². The maximum Gasteiger partial charge on any atom is 0.258 e. The zero-order valence-corrected chi connectivity index (χ0v) is 19.6. The third-order valence-electron chi connectivity index (χ3n) is 4.60. The van der Waals surface area contributed by atoms with Gasteiger partial charge in [-0.15, -0.1) is 0 Å². The maximum absolute atomic E-state index is 12.8. The molecular formula is C24H31N5O2S. The number of aliphatic imine (C=N–C) groups is 1. The van der Waals surface area contributed by atoms with Crippen molar-refractivity contribution in [2.24, 2.45) is 10.7 Å². The third kappa shape index (κ3) is 7.49. The highest BCUT2D eigenvalue weighted by Gasteiger charge is 2.11. The fourth-order valence-electron chi connectivity index (χ4n) is 2.62. The first-order chi connectivity index (χ1) is 15.1. The molecule has 0 aliphatic heterocycles. The smallest absolute Gasteiger partial charge is 0.258 e. The number of hydrogen-bond acceptors (Lipinski definition) is 4. The largest absolute Gasteiger partial charge is 0.383 e. The van der Waals surface area contributed by atoms with E-state index in [-0.39, 0.29) is 11.4 Å². The van der Waals surface area contributed by atoms with Gasteiger partial charge in [-0.2, -0.15) is 0 Å². The van der Waals surface area contributed by atoms with Crippen molar-refractivity contribution in [2.45, 2.75) is 11.8 Å². The second-order valence-corrected chi connectivity index (χ2v) is 9.63. The van der Waals surface area contributed by atoms with Gasteiger partial charge in [0.05, 0.1) is 15.3 Å². The molecule has 0 radical (unpaired) electrons. The summed E-state index contributed by atoms with van der Waals surface area (Å²) >= 11 is 0. The number of anilines is 1. The monoisotopic (exact) mass is 453 g/mol. The average Bonchev–Trinajstić information content (AvgIpc) is 2.77. The fourth-order valence-corrected chi connectivity index (χ4v) is 3.78. The predicted molar refractivity (Wildman–Crippen MR) is 136 cm³/mol. The minimum atomic E-state index is -2.57. The summed E-state index contributed by atoms with van der Waals surface area (Å²) in [6.45, 7) is 6.94. The number of benzene rings is 2. The van der Waals surface area contributed by atoms with Gasteiger partial charge >= 0.3 is 0 Å². The average molecular weight is 454 g/mol. The van der Waals surface area contributed by atoms with Gasteiger partial charge in [0.15, 0.2) is 0 Å². The van der Waals surface area contributed by atoms with Crippen LogP contribution in [0, 0.1) is 0 Å². The predicted octanol–water partition coefficient (Wildman–Crippen LogP) is 2.74. The van der Waals surface area contributed by atoms with Crippen LogP contribution in [0.2, 0.25) is 0 Å². The Hall–Kier alpha value is -3.20. The van der Waals surface area contributed by atoms with Crippen molar-refractivity contribution >= 4 is 38.6 Å². The number of nitrogens with two attached hydrogens (primary N) is 1. The highest BCUT2D eigenvalue weighted by atomic mass is 32.2. The van der Waals surface area contributed by atoms with Crippen LogP contribution >= 0.6 is 0 Å². The highest BCUT2D eigenvalue weighted by molar-refractivity contribution is 7.98. The number of hydrogen-bond donors (Lipinski definition) is 3. The Morgan fingerprint density at radius 1 is 1.16 bits per heavy atom. The molecule has 0 bridgehead atoms. The van der Waals surface area contributed by atoms with E-state index in [2.05, 4.69) is 27.5 Å². The van der Waals surface area contributed by atoms with Gasteiger partial charge in [0.1, 0.15) is 5.84 Å². The van der Waals surface area contributed by atoms with Crippen LogP contribution in [0.15, 0.2) is 82.8 Å². The number of allylic oxidation sites excluding steroid dienone is 1. The molecule has 0 aliphatic carbocycles. The molecule has 0 aromatic heterocycles. The van der Waals surface area contributed by atoms with E-state index in [1.54, 1.807) is 30.5 Å². The SMILES string of the molecule is C=C(C(=O)Nc1ccccc1)C(N)=N/C=C(\C)c1ccc(S(=C)(=O)NCCN(C)C)cc1. The van der Waals surface area contributed by atoms with E-state index in [0.29, 0.717) is 17.1 Å². The number of amides is 1. The van der Waals surface area contributed by atoms with Crippen molar-refractivity contribution in [1.29, 1.82) is 0 Å². The van der Waals surface area contributed by atoms with E-state index >= 15 is 0 Å². The molecule has 0 saturated carbocycles. The number of carbonyl (C=O) groups excluding carboxylic acids is 1. The van der Waals surface area contributed by atoms with Crippen molar-refractivity contribution < 1.29 is 9.00 Å². The van der Waals surface area contributed by atoms with Crippen LogP contribution < -0.4 is 15.8 Å². The summed E-state index contributed by atoms with van der Waals surface area (Å²) in [5.41, 5.74) is 8.37. The summed E-state index contributed by atoms with van der Waals surface area (Å²) in [4.78, 5) is 19.1. The van der Waals surface area contributed by atoms with Crippen molar-refractivity contribution in [3.05, 3.63) is 78.5 Å². The van der Waals surface area contributed by atoms with Crippen LogP contribution in [0.4, 0.5) is 5.69 Å². The number of amidine groups is 1. The minimum Gasteiger partial charge on any atom is -0.383 e. The van der Waals surface area contributed by atoms with E-state index in [0.717, 1.165) is 17.7 Å². The van der Waals surface area contributed by atoms with E-state index in [4.69, 9.17) is 5.73 Å². The number of para-hydroxylation sites is 1. The lowest BCUT2D eigenvalue weighted by molar-refractivity contribution is -0.112. The molecule has 0 heterocycles. The first-order valence-electron chi connectivity index (χ1n) is 10.0. The molecule has 2 rings (SSSR count). The van der Waals surface area contributed by atoms with Gasteiger partial charge in [0, 0.05) is 29.9 Å². The molecule has 170 valence electrons. The van der Waals surface area contributed by atoms with E-state index < -0.39 is 15.6 Å². The molecule has 0 fully saturated rings. The molecule has 0 saturated heterocycles. The second-order valence-electron chi connectivity index (χ2n) is 7.52. The Labute approximate surface area is 190 Å². The summed E-state index contributed by atoms with van der Waals surface area (Å²) in [6.07, 6.45) is 1.57. The molecule has 8 heteroatoms. The van der Waals surface area contributed by atoms with Gasteiger partial charge < -0.3 is 16.0 Å². The quantitative estimate of drug-likeness (QED) is 0.223. The van der Waals surface area contributed by atoms with Crippen LogP contribution in [-0.4, -0.2) is 53.9 Å². The Bertz CT molecular complexity index is 1100. The van der Waals surface area contributed by atoms with Crippen LogP contribution in [0.25, 0.3) is 5.57 Å². The van der Waals surface area contributed by atoms with E-state index in [1.807, 2.05) is 56.3 Å². The summed E-state index contributed by atoms with van der Waals surface area (Å²) in [6, 6.07) is 16.3. The second kappa shape index (κ2) is 11.4. The molecule has 0 spiro atoms. The Morgan fingerprint density at radius 2 is 1.78 bits per heavy atom. The normalized spacial score (nSPS) is 14.1. The lowest BCUT2D eigenvalue weighted by Crippen LogP contribution is -2.31. The Kier molecular flexibility index (Phi) is 8.95. The van der Waals surface area contributed by atoms with E-state index in [9.17, 15) is 9.00 Å². The van der Waals surface area contributed by atoms with Crippen LogP contribution in [0.1, 0.15) is 12.5 Å². The van der Waals surface area contributed by atoms with Gasteiger partial charge in [0.2, 0.25) is 0 Å². The molecule has 2 aromatic rings. The number of rotatable bonds is 10. The molecule has 7 nitrogen and oxygen atoms in total. The summed E-state index contributed by atoms with van der Waals surface area (Å²) in [5, 5.41) is 2.72. The third-order valence-corrected chi connectivity index (χ3v) is 6.30. The van der Waals surface area contributed by atoms with Crippen LogP contribution in [-0.2, 0) is 14.5 Å². The maximum atomic E-state index is 12.8. The lowest BCUT2D eigenvalue weighted by atomic mass is 10.1. The number of nitrogens with one attached hydrogen (secondary N) is 2. The molecule has 4 N–H and O–H groups in total. The van der Waals surface area contributed by atoms with E-state index in [1.165, 1.54) is 0 Å². The first-order valence-corrected chi connectivity index (χ1v) is 11.8. The Balaban J connectivity index is 2.04. The van der Waals surface area contributed by atoms with Gasteiger partial charge in [-0.05, 0) is 62.3 Å². The van der Waals surface area contributed by atoms with Crippen molar-refractivity contribution in [1.82, 2.24) is 9.62 Å². The highest BCUT2D eigenvalue weighted by Crippen LogP contribution is 2.17. The molecule has 2 aromatic carbocycles. The standard InChI is InChI=1S/C24H31N5O2S/c1-18(17-26-23(25)19(2)24(30)28-21-9-7-6-8-10-21)20-11-13-22(14-12-20)32(5,31)27-15-16-29(3)4/h6-14,17H,2,5,15-16H2,1,3-4H3,(H2,25,26)(H,27,31)(H,28,30)/b18-17+. The molecule has 1 unspecified atom stereocenters. The zero-order chi connectivity index (χ0) is 23.7. The number of carbonyl (C=O) groups is 1. The molecule has 1 amide bonds. The summed E-state index contributed by atoms with van der Waals surface area (Å²) in [7, 11) is 1.34. The number of nitrogens with zero attached hydrogens (tertiary/aromatic N) is 2. The molecule has 1 atom stereocenters. The van der Waals surface area contributed by atoms with Crippen molar-refractivity contribution in [3.8, 4) is 0 Å². The first kappa shape index (κ1) is 25.1.